The molecule has 33 heavy (non-hydrogen) atoms. The van der Waals surface area contributed by atoms with Crippen molar-refractivity contribution in [1.29, 1.82) is 0 Å². The molecule has 0 aliphatic carbocycles. The number of nitrogens with zero attached hydrogens (tertiary/aromatic N) is 4. The van der Waals surface area contributed by atoms with Gasteiger partial charge in [0.05, 0.1) is 5.41 Å². The van der Waals surface area contributed by atoms with Crippen molar-refractivity contribution in [2.45, 2.75) is 11.1 Å². The van der Waals surface area contributed by atoms with Gasteiger partial charge >= 0.3 is 7.12 Å². The lowest BCUT2D eigenvalue weighted by molar-refractivity contribution is 0.318. The van der Waals surface area contributed by atoms with E-state index in [1.807, 2.05) is 103 Å². The summed E-state index contributed by atoms with van der Waals surface area (Å²) in [6.45, 7) is 0. The van der Waals surface area contributed by atoms with Crippen molar-refractivity contribution in [3.05, 3.63) is 138 Å². The van der Waals surface area contributed by atoms with Crippen molar-refractivity contribution in [2.75, 3.05) is 0 Å². The molecule has 0 amide bonds. The third-order valence-electron chi connectivity index (χ3n) is 6.18. The molecule has 0 atom stereocenters. The van der Waals surface area contributed by atoms with Crippen LogP contribution in [0.4, 0.5) is 0 Å². The summed E-state index contributed by atoms with van der Waals surface area (Å²) in [4.78, 5) is 0. The molecule has 0 bridgehead atoms. The highest BCUT2D eigenvalue weighted by atomic mass is 16.4. The van der Waals surface area contributed by atoms with Gasteiger partial charge in [-0.3, -0.25) is 0 Å². The first-order chi connectivity index (χ1) is 16.2. The highest BCUT2D eigenvalue weighted by Crippen LogP contribution is 2.56. The molecule has 2 N–H and O–H groups in total. The van der Waals surface area contributed by atoms with E-state index in [1.54, 1.807) is 12.1 Å². The van der Waals surface area contributed by atoms with Crippen LogP contribution in [0.15, 0.2) is 136 Å². The summed E-state index contributed by atoms with van der Waals surface area (Å²) in [6.07, 6.45) is 0. The van der Waals surface area contributed by atoms with Crippen LogP contribution in [0.1, 0.15) is 22.3 Å². The van der Waals surface area contributed by atoms with Gasteiger partial charge in [-0.05, 0) is 32.6 Å². The van der Waals surface area contributed by atoms with Crippen LogP contribution in [0, 0.1) is 0 Å². The quantitative estimate of drug-likeness (QED) is 0.350. The van der Waals surface area contributed by atoms with Gasteiger partial charge in [0.25, 0.3) is 0 Å². The second kappa shape index (κ2) is 8.54. The molecule has 4 aromatic carbocycles. The molecule has 7 heteroatoms. The summed E-state index contributed by atoms with van der Waals surface area (Å²) in [6, 6.07) is 36.9. The van der Waals surface area contributed by atoms with Crippen molar-refractivity contribution in [1.82, 2.24) is 0 Å². The van der Waals surface area contributed by atoms with Gasteiger partial charge < -0.3 is 10.0 Å². The van der Waals surface area contributed by atoms with Crippen molar-refractivity contribution >= 4 is 12.6 Å². The molecule has 0 aromatic heterocycles. The zero-order chi connectivity index (χ0) is 22.7. The molecule has 1 aliphatic heterocycles. The number of hydrogen-bond acceptors (Lipinski definition) is 6. The summed E-state index contributed by atoms with van der Waals surface area (Å²) in [5.41, 5.74) is 1.15. The van der Waals surface area contributed by atoms with Crippen LogP contribution in [0.25, 0.3) is 0 Å². The maximum absolute atomic E-state index is 10.3. The third-order valence-corrected chi connectivity index (χ3v) is 6.18. The van der Waals surface area contributed by atoms with Crippen molar-refractivity contribution in [2.24, 2.45) is 20.7 Å². The first-order valence-corrected chi connectivity index (χ1v) is 10.7. The van der Waals surface area contributed by atoms with E-state index >= 15 is 0 Å². The van der Waals surface area contributed by atoms with E-state index in [1.165, 1.54) is 0 Å². The Labute approximate surface area is 192 Å². The van der Waals surface area contributed by atoms with Crippen molar-refractivity contribution in [3.8, 4) is 0 Å². The highest BCUT2D eigenvalue weighted by Gasteiger charge is 2.60. The molecule has 0 saturated carbocycles. The van der Waals surface area contributed by atoms with E-state index in [-0.39, 0.29) is 0 Å². The average Bonchev–Trinajstić information content (AvgIpc) is 3.38. The molecule has 0 spiro atoms. The molecule has 1 heterocycles. The van der Waals surface area contributed by atoms with Crippen LogP contribution in [0.5, 0.6) is 0 Å². The SMILES string of the molecule is OB(O)c1ccccc1C1(C(c2ccccc2)(c2ccccc2)c2ccccc2)N=NN=N1. The first-order valence-electron chi connectivity index (χ1n) is 10.7. The molecule has 5 rings (SSSR count). The Bertz CT molecular complexity index is 1190. The Morgan fingerprint density at radius 2 is 0.939 bits per heavy atom. The molecule has 160 valence electrons. The molecule has 0 fully saturated rings. The molecule has 1 aliphatic rings. The lowest BCUT2D eigenvalue weighted by Crippen LogP contribution is -2.51. The molecular weight excluding hydrogens is 411 g/mol. The third kappa shape index (κ3) is 3.21. The molecule has 0 saturated heterocycles. The standard InChI is InChI=1S/C26H21BN4O2/c32-27(33)24-19-11-10-18-23(24)26(28-30-31-29-26)25(20-12-4-1-5-13-20,21-14-6-2-7-15-21)22-16-8-3-9-17-22/h1-19,32-33H. The normalized spacial score (nSPS) is 14.4. The largest absolute Gasteiger partial charge is 0.488 e. The Balaban J connectivity index is 1.99. The van der Waals surface area contributed by atoms with E-state index in [9.17, 15) is 10.0 Å². The topological polar surface area (TPSA) is 89.9 Å². The van der Waals surface area contributed by atoms with E-state index in [0.29, 0.717) is 11.0 Å². The Kier molecular flexibility index (Phi) is 5.42. The van der Waals surface area contributed by atoms with E-state index in [2.05, 4.69) is 20.7 Å². The van der Waals surface area contributed by atoms with E-state index in [0.717, 1.165) is 16.7 Å². The van der Waals surface area contributed by atoms with Gasteiger partial charge in [-0.25, -0.2) is 0 Å². The second-order valence-corrected chi connectivity index (χ2v) is 7.86. The average molecular weight is 432 g/mol. The minimum Gasteiger partial charge on any atom is -0.423 e. The predicted octanol–water partition coefficient (Wildman–Crippen LogP) is 4.39. The lowest BCUT2D eigenvalue weighted by atomic mass is 9.57. The summed E-state index contributed by atoms with van der Waals surface area (Å²) >= 11 is 0. The van der Waals surface area contributed by atoms with E-state index in [4.69, 9.17) is 0 Å². The summed E-state index contributed by atoms with van der Waals surface area (Å²) < 4.78 is 0. The van der Waals surface area contributed by atoms with Crippen LogP contribution in [-0.4, -0.2) is 17.2 Å². The fourth-order valence-electron chi connectivity index (χ4n) is 4.86. The van der Waals surface area contributed by atoms with Crippen LogP contribution in [0.3, 0.4) is 0 Å². The van der Waals surface area contributed by atoms with Gasteiger partial charge in [0, 0.05) is 5.56 Å². The van der Waals surface area contributed by atoms with E-state index < -0.39 is 18.2 Å². The summed E-state index contributed by atoms with van der Waals surface area (Å²) in [5, 5.41) is 37.8. The van der Waals surface area contributed by atoms with Gasteiger partial charge in [0.15, 0.2) is 0 Å². The number of rotatable bonds is 6. The van der Waals surface area contributed by atoms with Gasteiger partial charge in [0.1, 0.15) is 0 Å². The Morgan fingerprint density at radius 3 is 1.36 bits per heavy atom. The molecule has 6 nitrogen and oxygen atoms in total. The van der Waals surface area contributed by atoms with Gasteiger partial charge in [-0.2, -0.15) is 0 Å². The molecular formula is C26H21BN4O2. The number of benzene rings is 4. The van der Waals surface area contributed by atoms with Gasteiger partial charge in [-0.15, -0.1) is 10.2 Å². The minimum atomic E-state index is -1.72. The summed E-state index contributed by atoms with van der Waals surface area (Å²) in [7, 11) is -1.72. The van der Waals surface area contributed by atoms with Crippen LogP contribution in [0.2, 0.25) is 0 Å². The molecule has 0 radical (unpaired) electrons. The maximum Gasteiger partial charge on any atom is 0.488 e. The van der Waals surface area contributed by atoms with Crippen molar-refractivity contribution in [3.63, 3.8) is 0 Å². The monoisotopic (exact) mass is 432 g/mol. The van der Waals surface area contributed by atoms with Crippen LogP contribution in [-0.2, 0) is 11.1 Å². The van der Waals surface area contributed by atoms with Gasteiger partial charge in [-0.1, -0.05) is 115 Å². The Hall–Kier alpha value is -3.94. The minimum absolute atomic E-state index is 0.296. The Morgan fingerprint density at radius 1 is 0.545 bits per heavy atom. The maximum atomic E-state index is 10.3. The zero-order valence-corrected chi connectivity index (χ0v) is 17.7. The van der Waals surface area contributed by atoms with Crippen molar-refractivity contribution < 1.29 is 10.0 Å². The zero-order valence-electron chi connectivity index (χ0n) is 17.7. The molecule has 4 aromatic rings. The van der Waals surface area contributed by atoms with Crippen LogP contribution >= 0.6 is 0 Å². The fraction of sp³-hybridized carbons (Fsp3) is 0.0769. The molecule has 0 unspecified atom stereocenters. The highest BCUT2D eigenvalue weighted by molar-refractivity contribution is 6.59. The smallest absolute Gasteiger partial charge is 0.423 e. The first kappa shape index (κ1) is 20.9. The van der Waals surface area contributed by atoms with Gasteiger partial charge in [0.2, 0.25) is 5.66 Å². The predicted molar refractivity (Wildman–Crippen MR) is 127 cm³/mol. The summed E-state index contributed by atoms with van der Waals surface area (Å²) in [5.74, 6) is 0. The second-order valence-electron chi connectivity index (χ2n) is 7.86. The fourth-order valence-corrected chi connectivity index (χ4v) is 4.86. The van der Waals surface area contributed by atoms with Crippen LogP contribution < -0.4 is 5.46 Å². The lowest BCUT2D eigenvalue weighted by Gasteiger charge is -2.45. The number of hydrogen-bond donors (Lipinski definition) is 2.